The van der Waals surface area contributed by atoms with Crippen LogP contribution in [-0.4, -0.2) is 18.2 Å². The Bertz CT molecular complexity index is 691. The molecular weight excluding hydrogens is 356 g/mol. The molecule has 1 fully saturated rings. The minimum absolute atomic E-state index is 0.708. The van der Waals surface area contributed by atoms with Crippen LogP contribution in [0.2, 0.25) is 5.02 Å². The zero-order chi connectivity index (χ0) is 18.9. The summed E-state index contributed by atoms with van der Waals surface area (Å²) in [6, 6.07) is 8.26. The van der Waals surface area contributed by atoms with E-state index in [1.54, 1.807) is 0 Å². The van der Waals surface area contributed by atoms with Crippen LogP contribution in [0.4, 0.5) is 0 Å². The van der Waals surface area contributed by atoms with Crippen molar-refractivity contribution in [2.24, 2.45) is 0 Å². The first-order chi connectivity index (χ1) is 13.3. The van der Waals surface area contributed by atoms with E-state index in [1.807, 2.05) is 12.1 Å². The van der Waals surface area contributed by atoms with Crippen molar-refractivity contribution in [3.63, 3.8) is 0 Å². The van der Waals surface area contributed by atoms with Crippen LogP contribution in [-0.2, 0) is 19.3 Å². The van der Waals surface area contributed by atoms with E-state index in [0.717, 1.165) is 31.0 Å². The third-order valence-electron chi connectivity index (χ3n) is 5.71. The lowest BCUT2D eigenvalue weighted by Crippen LogP contribution is -2.26. The van der Waals surface area contributed by atoms with Crippen molar-refractivity contribution in [1.29, 1.82) is 0 Å². The number of nitrogens with one attached hydrogen (secondary N) is 1. The zero-order valence-corrected chi connectivity index (χ0v) is 17.4. The highest BCUT2D eigenvalue weighted by molar-refractivity contribution is 6.30. The van der Waals surface area contributed by atoms with Crippen LogP contribution in [0.1, 0.15) is 80.4 Å². The predicted octanol–water partition coefficient (Wildman–Crippen LogP) is 6.09. The Kier molecular flexibility index (Phi) is 8.22. The molecule has 3 nitrogen and oxygen atoms in total. The third kappa shape index (κ3) is 6.08. The number of piperidine rings is 1. The van der Waals surface area contributed by atoms with Gasteiger partial charge in [-0.25, -0.2) is 0 Å². The highest BCUT2D eigenvalue weighted by atomic mass is 35.5. The molecule has 27 heavy (non-hydrogen) atoms. The summed E-state index contributed by atoms with van der Waals surface area (Å²) < 4.78 is 5.43. The number of unbranched alkanes of at least 4 members (excludes halogenated alkanes) is 1. The largest absolute Gasteiger partial charge is 0.361 e. The average molecular weight is 389 g/mol. The molecule has 4 rings (SSSR count). The molecule has 0 bridgehead atoms. The number of rotatable bonds is 4. The van der Waals surface area contributed by atoms with Crippen LogP contribution in [0, 0.1) is 0 Å². The predicted molar refractivity (Wildman–Crippen MR) is 113 cm³/mol. The molecule has 148 valence electrons. The maximum Gasteiger partial charge on any atom is 0.140 e. The third-order valence-corrected chi connectivity index (χ3v) is 5.94. The summed E-state index contributed by atoms with van der Waals surface area (Å²) in [5.41, 5.74) is 4.08. The second-order valence-corrected chi connectivity index (χ2v) is 8.21. The van der Waals surface area contributed by atoms with Gasteiger partial charge in [0.05, 0.1) is 5.69 Å². The first-order valence-electron chi connectivity index (χ1n) is 10.7. The van der Waals surface area contributed by atoms with Gasteiger partial charge in [0.15, 0.2) is 0 Å². The lowest BCUT2D eigenvalue weighted by Gasteiger charge is -2.22. The van der Waals surface area contributed by atoms with Crippen LogP contribution >= 0.6 is 11.6 Å². The SMILES string of the molecule is CCCCc1onc2c1CCCCC2.Clc1cccc(C2CCNCC2)c1. The zero-order valence-electron chi connectivity index (χ0n) is 16.6. The smallest absolute Gasteiger partial charge is 0.140 e. The first-order valence-corrected chi connectivity index (χ1v) is 11.1. The lowest BCUT2D eigenvalue weighted by molar-refractivity contribution is 0.371. The van der Waals surface area contributed by atoms with Gasteiger partial charge in [-0.3, -0.25) is 0 Å². The van der Waals surface area contributed by atoms with Gasteiger partial charge in [0.25, 0.3) is 0 Å². The summed E-state index contributed by atoms with van der Waals surface area (Å²) in [7, 11) is 0. The van der Waals surface area contributed by atoms with Gasteiger partial charge in [0.1, 0.15) is 5.76 Å². The van der Waals surface area contributed by atoms with Crippen LogP contribution in [0.25, 0.3) is 0 Å². The van der Waals surface area contributed by atoms with E-state index >= 15 is 0 Å². The van der Waals surface area contributed by atoms with E-state index in [-0.39, 0.29) is 0 Å². The summed E-state index contributed by atoms with van der Waals surface area (Å²) in [4.78, 5) is 0. The molecule has 0 radical (unpaired) electrons. The molecule has 2 aromatic rings. The number of benzene rings is 1. The highest BCUT2D eigenvalue weighted by Crippen LogP contribution is 2.27. The fourth-order valence-corrected chi connectivity index (χ4v) is 4.28. The molecule has 0 atom stereocenters. The molecule has 1 aliphatic carbocycles. The molecule has 1 aromatic heterocycles. The number of fused-ring (bicyclic) bond motifs is 1. The van der Waals surface area contributed by atoms with E-state index in [4.69, 9.17) is 16.1 Å². The number of halogens is 1. The molecule has 2 heterocycles. The Morgan fingerprint density at radius 3 is 2.74 bits per heavy atom. The maximum absolute atomic E-state index is 5.95. The number of nitrogens with zero attached hydrogens (tertiary/aromatic N) is 1. The second-order valence-electron chi connectivity index (χ2n) is 7.77. The molecular formula is C23H33ClN2O. The van der Waals surface area contributed by atoms with Crippen molar-refractivity contribution in [3.05, 3.63) is 51.9 Å². The molecule has 2 aliphatic rings. The number of aromatic nitrogens is 1. The summed E-state index contributed by atoms with van der Waals surface area (Å²) in [5.74, 6) is 1.88. The van der Waals surface area contributed by atoms with Crippen molar-refractivity contribution in [2.45, 2.75) is 77.0 Å². The van der Waals surface area contributed by atoms with Crippen molar-refractivity contribution >= 4 is 11.6 Å². The van der Waals surface area contributed by atoms with Gasteiger partial charge in [-0.1, -0.05) is 48.7 Å². The molecule has 1 saturated heterocycles. The average Bonchev–Trinajstić information content (AvgIpc) is 2.93. The topological polar surface area (TPSA) is 38.1 Å². The lowest BCUT2D eigenvalue weighted by atomic mass is 9.90. The molecule has 4 heteroatoms. The Morgan fingerprint density at radius 1 is 1.15 bits per heavy atom. The second kappa shape index (κ2) is 10.9. The molecule has 1 aromatic carbocycles. The summed E-state index contributed by atoms with van der Waals surface area (Å²) in [6.45, 7) is 4.49. The van der Waals surface area contributed by atoms with Crippen LogP contribution in [0.5, 0.6) is 0 Å². The van der Waals surface area contributed by atoms with Gasteiger partial charge in [-0.05, 0) is 81.6 Å². The van der Waals surface area contributed by atoms with Gasteiger partial charge in [0.2, 0.25) is 0 Å². The number of hydrogen-bond acceptors (Lipinski definition) is 3. The first kappa shape index (κ1) is 20.4. The number of hydrogen-bond donors (Lipinski definition) is 1. The molecule has 0 amide bonds. The number of aryl methyl sites for hydroxylation is 2. The van der Waals surface area contributed by atoms with Crippen molar-refractivity contribution in [3.8, 4) is 0 Å². The Balaban J connectivity index is 0.000000156. The van der Waals surface area contributed by atoms with Crippen molar-refractivity contribution in [1.82, 2.24) is 10.5 Å². The van der Waals surface area contributed by atoms with Gasteiger partial charge in [0, 0.05) is 17.0 Å². The Hall–Kier alpha value is -1.32. The molecule has 0 unspecified atom stereocenters. The quantitative estimate of drug-likeness (QED) is 0.643. The van der Waals surface area contributed by atoms with Gasteiger partial charge in [-0.2, -0.15) is 0 Å². The normalized spacial score (nSPS) is 17.6. The van der Waals surface area contributed by atoms with Crippen molar-refractivity contribution in [2.75, 3.05) is 13.1 Å². The van der Waals surface area contributed by atoms with Crippen molar-refractivity contribution < 1.29 is 4.52 Å². The van der Waals surface area contributed by atoms with E-state index in [0.29, 0.717) is 5.92 Å². The monoisotopic (exact) mass is 388 g/mol. The summed E-state index contributed by atoms with van der Waals surface area (Å²) >= 11 is 5.95. The molecule has 0 spiro atoms. The fraction of sp³-hybridized carbons (Fsp3) is 0.609. The fourth-order valence-electron chi connectivity index (χ4n) is 4.08. The standard InChI is InChI=1S/C12H19NO.C11H14ClN/c1-2-3-9-12-10-7-5-4-6-8-11(10)13-14-12;12-11-3-1-2-10(8-11)9-4-6-13-7-5-9/h2-9H2,1H3;1-3,8-9,13H,4-7H2. The van der Waals surface area contributed by atoms with Gasteiger partial charge in [-0.15, -0.1) is 0 Å². The summed E-state index contributed by atoms with van der Waals surface area (Å²) in [5, 5.41) is 8.42. The van der Waals surface area contributed by atoms with Crippen LogP contribution in [0.3, 0.4) is 0 Å². The van der Waals surface area contributed by atoms with Crippen LogP contribution < -0.4 is 5.32 Å². The van der Waals surface area contributed by atoms with E-state index < -0.39 is 0 Å². The Morgan fingerprint density at radius 2 is 1.96 bits per heavy atom. The summed E-state index contributed by atoms with van der Waals surface area (Å²) in [6.07, 6.45) is 12.3. The van der Waals surface area contributed by atoms with E-state index in [1.165, 1.54) is 73.9 Å². The van der Waals surface area contributed by atoms with Gasteiger partial charge < -0.3 is 9.84 Å². The molecule has 1 N–H and O–H groups in total. The minimum atomic E-state index is 0.708. The highest BCUT2D eigenvalue weighted by Gasteiger charge is 2.17. The molecule has 1 aliphatic heterocycles. The molecule has 0 saturated carbocycles. The van der Waals surface area contributed by atoms with Gasteiger partial charge >= 0.3 is 0 Å². The maximum atomic E-state index is 5.95. The van der Waals surface area contributed by atoms with E-state index in [2.05, 4.69) is 29.5 Å². The minimum Gasteiger partial charge on any atom is -0.361 e. The Labute approximate surface area is 168 Å². The van der Waals surface area contributed by atoms with E-state index in [9.17, 15) is 0 Å². The van der Waals surface area contributed by atoms with Crippen LogP contribution in [0.15, 0.2) is 28.8 Å².